The molecule has 0 radical (unpaired) electrons. The quantitative estimate of drug-likeness (QED) is 0.737. The van der Waals surface area contributed by atoms with Gasteiger partial charge in [-0.25, -0.2) is 4.79 Å². The topological polar surface area (TPSA) is 75.1 Å². The van der Waals surface area contributed by atoms with E-state index >= 15 is 0 Å². The van der Waals surface area contributed by atoms with Gasteiger partial charge in [0.25, 0.3) is 0 Å². The minimum Gasteiger partial charge on any atom is -0.476 e. The van der Waals surface area contributed by atoms with Crippen molar-refractivity contribution in [2.24, 2.45) is 0 Å². The minimum atomic E-state index is -1.10. The number of thiophene rings is 1. The van der Waals surface area contributed by atoms with Gasteiger partial charge in [0.2, 0.25) is 0 Å². The van der Waals surface area contributed by atoms with Gasteiger partial charge in [-0.05, 0) is 33.4 Å². The highest BCUT2D eigenvalue weighted by Crippen LogP contribution is 2.27. The molecule has 2 aromatic heterocycles. The van der Waals surface area contributed by atoms with Crippen LogP contribution < -0.4 is 5.32 Å². The molecule has 2 heterocycles. The number of hydrogen-bond donors (Lipinski definition) is 2. The number of hydrogen-bond acceptors (Lipinski definition) is 5. The number of halogens is 1. The molecule has 21 heavy (non-hydrogen) atoms. The van der Waals surface area contributed by atoms with Crippen LogP contribution in [0.1, 0.15) is 15.4 Å². The second-order valence-corrected chi connectivity index (χ2v) is 6.15. The molecule has 5 nitrogen and oxygen atoms in total. The predicted octanol–water partition coefficient (Wildman–Crippen LogP) is 3.76. The van der Waals surface area contributed by atoms with Crippen molar-refractivity contribution in [1.29, 1.82) is 0 Å². The minimum absolute atomic E-state index is 0.0682. The number of benzene rings is 1. The molecular weight excluding hydrogens is 354 g/mol. The lowest BCUT2D eigenvalue weighted by atomic mass is 10.1. The highest BCUT2D eigenvalue weighted by atomic mass is 79.9. The van der Waals surface area contributed by atoms with Crippen LogP contribution in [0.15, 0.2) is 40.2 Å². The molecule has 0 aliphatic rings. The average molecular weight is 364 g/mol. The number of nitrogens with zero attached hydrogens (tertiary/aromatic N) is 2. The number of carboxylic acids is 1. The van der Waals surface area contributed by atoms with E-state index in [4.69, 9.17) is 0 Å². The highest BCUT2D eigenvalue weighted by Gasteiger charge is 2.16. The fourth-order valence-corrected chi connectivity index (χ4v) is 3.43. The van der Waals surface area contributed by atoms with E-state index in [1.54, 1.807) is 17.4 Å². The number of nitrogens with one attached hydrogen (secondary N) is 1. The molecule has 0 unspecified atom stereocenters. The molecule has 0 atom stereocenters. The molecule has 0 amide bonds. The summed E-state index contributed by atoms with van der Waals surface area (Å²) in [6.07, 6.45) is 0. The Kier molecular flexibility index (Phi) is 3.85. The third-order valence-corrected chi connectivity index (χ3v) is 4.91. The van der Waals surface area contributed by atoms with Crippen LogP contribution in [0.5, 0.6) is 0 Å². The lowest BCUT2D eigenvalue weighted by Crippen LogP contribution is -2.10. The first-order valence-electron chi connectivity index (χ1n) is 6.11. The molecule has 1 aromatic carbocycles. The Morgan fingerprint density at radius 3 is 2.81 bits per heavy atom. The molecule has 0 spiro atoms. The number of aromatic nitrogens is 2. The largest absolute Gasteiger partial charge is 0.476 e. The van der Waals surface area contributed by atoms with E-state index < -0.39 is 5.97 Å². The standard InChI is InChI=1S/C14H10BrN3O2S/c15-9-5-6-21-11(9)7-16-12-8-3-1-2-4-10(8)17-18-13(12)14(19)20/h1-6H,7H2,(H,16,17)(H,19,20). The summed E-state index contributed by atoms with van der Waals surface area (Å²) in [6.45, 7) is 0.522. The van der Waals surface area contributed by atoms with E-state index in [0.717, 1.165) is 14.7 Å². The van der Waals surface area contributed by atoms with Gasteiger partial charge in [0.1, 0.15) is 0 Å². The fourth-order valence-electron chi connectivity index (χ4n) is 2.00. The van der Waals surface area contributed by atoms with E-state index in [0.29, 0.717) is 17.7 Å². The van der Waals surface area contributed by atoms with Gasteiger partial charge in [-0.1, -0.05) is 18.2 Å². The maximum absolute atomic E-state index is 11.3. The second-order valence-electron chi connectivity index (χ2n) is 4.29. The zero-order chi connectivity index (χ0) is 14.8. The van der Waals surface area contributed by atoms with Gasteiger partial charge in [-0.2, -0.15) is 0 Å². The van der Waals surface area contributed by atoms with E-state index in [1.807, 2.05) is 29.6 Å². The van der Waals surface area contributed by atoms with E-state index in [9.17, 15) is 9.90 Å². The summed E-state index contributed by atoms with van der Waals surface area (Å²) in [5.41, 5.74) is 1.09. The zero-order valence-electron chi connectivity index (χ0n) is 10.7. The Balaban J connectivity index is 2.04. The lowest BCUT2D eigenvalue weighted by molar-refractivity contribution is 0.0690. The molecule has 0 bridgehead atoms. The Morgan fingerprint density at radius 1 is 1.29 bits per heavy atom. The summed E-state index contributed by atoms with van der Waals surface area (Å²) in [7, 11) is 0. The Hall–Kier alpha value is -1.99. The molecule has 0 aliphatic carbocycles. The van der Waals surface area contributed by atoms with Gasteiger partial charge < -0.3 is 10.4 Å². The third kappa shape index (κ3) is 2.74. The Morgan fingerprint density at radius 2 is 2.10 bits per heavy atom. The summed E-state index contributed by atoms with van der Waals surface area (Å²) < 4.78 is 1.00. The number of anilines is 1. The number of carboxylic acid groups (broad SMARTS) is 1. The SMILES string of the molecule is O=C(O)c1nnc2ccccc2c1NCc1sccc1Br. The van der Waals surface area contributed by atoms with Crippen LogP contribution in [0, 0.1) is 0 Å². The van der Waals surface area contributed by atoms with Gasteiger partial charge in [0.15, 0.2) is 5.69 Å². The molecule has 7 heteroatoms. The summed E-state index contributed by atoms with van der Waals surface area (Å²) in [4.78, 5) is 12.4. The van der Waals surface area contributed by atoms with Gasteiger partial charge >= 0.3 is 5.97 Å². The van der Waals surface area contributed by atoms with Crippen molar-refractivity contribution in [2.75, 3.05) is 5.32 Å². The van der Waals surface area contributed by atoms with Crippen molar-refractivity contribution < 1.29 is 9.90 Å². The van der Waals surface area contributed by atoms with Crippen LogP contribution in [-0.2, 0) is 6.54 Å². The second kappa shape index (κ2) is 5.79. The molecule has 0 fully saturated rings. The van der Waals surface area contributed by atoms with E-state index in [2.05, 4.69) is 31.4 Å². The maximum atomic E-state index is 11.3. The first-order chi connectivity index (χ1) is 10.2. The van der Waals surface area contributed by atoms with Crippen molar-refractivity contribution in [3.05, 3.63) is 50.8 Å². The number of aromatic carboxylic acids is 1. The number of carbonyl (C=O) groups is 1. The molecular formula is C14H10BrN3O2S. The summed E-state index contributed by atoms with van der Waals surface area (Å²) in [5.74, 6) is -1.10. The Labute approximate surface area is 132 Å². The zero-order valence-corrected chi connectivity index (χ0v) is 13.1. The first-order valence-corrected chi connectivity index (χ1v) is 7.78. The van der Waals surface area contributed by atoms with Gasteiger partial charge in [0, 0.05) is 14.7 Å². The maximum Gasteiger partial charge on any atom is 0.358 e. The van der Waals surface area contributed by atoms with Crippen molar-refractivity contribution in [3.8, 4) is 0 Å². The fraction of sp³-hybridized carbons (Fsp3) is 0.0714. The first kappa shape index (κ1) is 14.0. The molecule has 3 aromatic rings. The molecule has 3 rings (SSSR count). The Bertz CT molecular complexity index is 819. The van der Waals surface area contributed by atoms with Crippen LogP contribution in [0.25, 0.3) is 10.9 Å². The summed E-state index contributed by atoms with van der Waals surface area (Å²) >= 11 is 5.06. The lowest BCUT2D eigenvalue weighted by Gasteiger charge is -2.11. The average Bonchev–Trinajstić information content (AvgIpc) is 2.89. The van der Waals surface area contributed by atoms with Crippen LogP contribution in [0.4, 0.5) is 5.69 Å². The van der Waals surface area contributed by atoms with Gasteiger partial charge in [-0.15, -0.1) is 21.5 Å². The van der Waals surface area contributed by atoms with Gasteiger partial charge in [0.05, 0.1) is 17.7 Å². The van der Waals surface area contributed by atoms with E-state index in [1.165, 1.54) is 0 Å². The third-order valence-electron chi connectivity index (χ3n) is 2.99. The molecule has 0 saturated heterocycles. The van der Waals surface area contributed by atoms with Crippen molar-refractivity contribution in [3.63, 3.8) is 0 Å². The summed E-state index contributed by atoms with van der Waals surface area (Å²) in [6, 6.07) is 9.30. The van der Waals surface area contributed by atoms with Crippen LogP contribution in [-0.4, -0.2) is 21.3 Å². The smallest absolute Gasteiger partial charge is 0.358 e. The summed E-state index contributed by atoms with van der Waals surface area (Å²) in [5, 5.41) is 22.9. The highest BCUT2D eigenvalue weighted by molar-refractivity contribution is 9.10. The number of rotatable bonds is 4. The normalized spacial score (nSPS) is 10.7. The number of fused-ring (bicyclic) bond motifs is 1. The molecule has 106 valence electrons. The van der Waals surface area contributed by atoms with Crippen molar-refractivity contribution in [2.45, 2.75) is 6.54 Å². The van der Waals surface area contributed by atoms with Crippen LogP contribution >= 0.6 is 27.3 Å². The van der Waals surface area contributed by atoms with Crippen LogP contribution in [0.3, 0.4) is 0 Å². The van der Waals surface area contributed by atoms with Crippen molar-refractivity contribution >= 4 is 49.8 Å². The van der Waals surface area contributed by atoms with Crippen molar-refractivity contribution in [1.82, 2.24) is 10.2 Å². The molecule has 2 N–H and O–H groups in total. The molecule has 0 aliphatic heterocycles. The molecule has 0 saturated carbocycles. The monoisotopic (exact) mass is 363 g/mol. The van der Waals surface area contributed by atoms with Gasteiger partial charge in [-0.3, -0.25) is 0 Å². The van der Waals surface area contributed by atoms with E-state index in [-0.39, 0.29) is 5.69 Å². The van der Waals surface area contributed by atoms with Crippen LogP contribution in [0.2, 0.25) is 0 Å². The predicted molar refractivity (Wildman–Crippen MR) is 85.8 cm³/mol.